The van der Waals surface area contributed by atoms with Crippen molar-refractivity contribution in [3.05, 3.63) is 53.0 Å². The van der Waals surface area contributed by atoms with Crippen molar-refractivity contribution >= 4 is 11.7 Å². The third-order valence-corrected chi connectivity index (χ3v) is 4.43. The van der Waals surface area contributed by atoms with Crippen LogP contribution in [0.3, 0.4) is 0 Å². The first-order valence-electron chi connectivity index (χ1n) is 8.70. The van der Waals surface area contributed by atoms with Gasteiger partial charge >= 0.3 is 0 Å². The van der Waals surface area contributed by atoms with E-state index in [1.54, 1.807) is 4.90 Å². The zero-order valence-electron chi connectivity index (χ0n) is 15.2. The summed E-state index contributed by atoms with van der Waals surface area (Å²) in [5.41, 5.74) is 0.811. The lowest BCUT2D eigenvalue weighted by molar-refractivity contribution is 0.0741. The van der Waals surface area contributed by atoms with E-state index in [9.17, 15) is 13.6 Å². The summed E-state index contributed by atoms with van der Waals surface area (Å²) in [6.45, 7) is 8.14. The van der Waals surface area contributed by atoms with Gasteiger partial charge < -0.3 is 9.80 Å². The van der Waals surface area contributed by atoms with Crippen LogP contribution in [0.2, 0.25) is 0 Å². The van der Waals surface area contributed by atoms with Crippen LogP contribution in [0.15, 0.2) is 24.3 Å². The van der Waals surface area contributed by atoms with Crippen LogP contribution in [0.25, 0.3) is 0 Å². The summed E-state index contributed by atoms with van der Waals surface area (Å²) in [4.78, 5) is 25.3. The minimum Gasteiger partial charge on any atom is -0.353 e. The molecule has 0 saturated carbocycles. The van der Waals surface area contributed by atoms with Gasteiger partial charge in [-0.05, 0) is 19.1 Å². The number of hydrogen-bond donors (Lipinski definition) is 0. The summed E-state index contributed by atoms with van der Waals surface area (Å²) >= 11 is 0. The number of anilines is 1. The molecule has 0 radical (unpaired) electrons. The Labute approximate surface area is 151 Å². The van der Waals surface area contributed by atoms with Crippen LogP contribution in [0.4, 0.5) is 14.6 Å². The highest BCUT2D eigenvalue weighted by Crippen LogP contribution is 2.20. The van der Waals surface area contributed by atoms with E-state index in [2.05, 4.69) is 14.9 Å². The Morgan fingerprint density at radius 3 is 2.38 bits per heavy atom. The Kier molecular flexibility index (Phi) is 5.15. The average Bonchev–Trinajstić information content (AvgIpc) is 2.61. The summed E-state index contributed by atoms with van der Waals surface area (Å²) < 4.78 is 26.9. The minimum atomic E-state index is -0.828. The highest BCUT2D eigenvalue weighted by Gasteiger charge is 2.25. The lowest BCUT2D eigenvalue weighted by Gasteiger charge is -2.35. The fourth-order valence-corrected chi connectivity index (χ4v) is 2.97. The Hall–Kier alpha value is -2.57. The lowest BCUT2D eigenvalue weighted by atomic mass is 10.1. The third kappa shape index (κ3) is 3.81. The number of piperazine rings is 1. The number of hydrogen-bond acceptors (Lipinski definition) is 4. The highest BCUT2D eigenvalue weighted by atomic mass is 19.1. The predicted molar refractivity (Wildman–Crippen MR) is 95.3 cm³/mol. The molecule has 1 aromatic carbocycles. The van der Waals surface area contributed by atoms with Crippen molar-refractivity contribution in [1.29, 1.82) is 0 Å². The number of halogens is 2. The second kappa shape index (κ2) is 7.35. The van der Waals surface area contributed by atoms with Gasteiger partial charge in [-0.15, -0.1) is 0 Å². The molecule has 3 rings (SSSR count). The van der Waals surface area contributed by atoms with Crippen molar-refractivity contribution < 1.29 is 13.6 Å². The molecule has 138 valence electrons. The number of rotatable bonds is 3. The monoisotopic (exact) mass is 360 g/mol. The van der Waals surface area contributed by atoms with Crippen LogP contribution >= 0.6 is 0 Å². The van der Waals surface area contributed by atoms with Crippen LogP contribution in [-0.4, -0.2) is 47.0 Å². The molecule has 2 aromatic rings. The maximum Gasteiger partial charge on any atom is 0.256 e. The first-order chi connectivity index (χ1) is 12.3. The second-order valence-corrected chi connectivity index (χ2v) is 6.78. The molecule has 1 amide bonds. The molecule has 0 aliphatic carbocycles. The number of aromatic nitrogens is 2. The molecule has 0 spiro atoms. The Bertz CT molecular complexity index is 817. The number of carbonyl (C=O) groups excluding carboxylic acids is 1. The van der Waals surface area contributed by atoms with E-state index in [4.69, 9.17) is 0 Å². The summed E-state index contributed by atoms with van der Waals surface area (Å²) in [5, 5.41) is 0. The van der Waals surface area contributed by atoms with Gasteiger partial charge in [0.05, 0.1) is 5.56 Å². The third-order valence-electron chi connectivity index (χ3n) is 4.43. The van der Waals surface area contributed by atoms with E-state index < -0.39 is 17.5 Å². The molecule has 1 saturated heterocycles. The maximum absolute atomic E-state index is 13.8. The van der Waals surface area contributed by atoms with Gasteiger partial charge in [0.25, 0.3) is 5.91 Å². The summed E-state index contributed by atoms with van der Waals surface area (Å²) in [6, 6.07) is 4.97. The molecule has 5 nitrogen and oxygen atoms in total. The Morgan fingerprint density at radius 1 is 1.08 bits per heavy atom. The van der Waals surface area contributed by atoms with Crippen LogP contribution < -0.4 is 4.90 Å². The topological polar surface area (TPSA) is 49.3 Å². The molecular weight excluding hydrogens is 338 g/mol. The molecule has 0 unspecified atom stereocenters. The molecule has 7 heteroatoms. The number of carbonyl (C=O) groups is 1. The average molecular weight is 360 g/mol. The van der Waals surface area contributed by atoms with Gasteiger partial charge in [0.15, 0.2) is 0 Å². The molecule has 0 N–H and O–H groups in total. The van der Waals surface area contributed by atoms with E-state index in [0.717, 1.165) is 29.5 Å². The van der Waals surface area contributed by atoms with Gasteiger partial charge in [0, 0.05) is 49.9 Å². The Balaban J connectivity index is 1.70. The summed E-state index contributed by atoms with van der Waals surface area (Å²) in [7, 11) is 0. The van der Waals surface area contributed by atoms with Crippen LogP contribution in [0, 0.1) is 18.6 Å². The van der Waals surface area contributed by atoms with Crippen LogP contribution in [0.5, 0.6) is 0 Å². The lowest BCUT2D eigenvalue weighted by Crippen LogP contribution is -2.49. The molecule has 1 fully saturated rings. The maximum atomic E-state index is 13.8. The SMILES string of the molecule is Cc1cc(N2CCN(C(=O)c3ccc(F)cc3F)CC2)nc(C(C)C)n1. The van der Waals surface area contributed by atoms with Crippen LogP contribution in [0.1, 0.15) is 41.6 Å². The molecule has 26 heavy (non-hydrogen) atoms. The zero-order valence-corrected chi connectivity index (χ0v) is 15.2. The van der Waals surface area contributed by atoms with Crippen molar-refractivity contribution in [2.75, 3.05) is 31.1 Å². The van der Waals surface area contributed by atoms with E-state index in [1.807, 2.05) is 26.8 Å². The fraction of sp³-hybridized carbons (Fsp3) is 0.421. The summed E-state index contributed by atoms with van der Waals surface area (Å²) in [6.07, 6.45) is 0. The highest BCUT2D eigenvalue weighted by molar-refractivity contribution is 5.94. The van der Waals surface area contributed by atoms with Crippen molar-refractivity contribution in [2.24, 2.45) is 0 Å². The quantitative estimate of drug-likeness (QED) is 0.844. The van der Waals surface area contributed by atoms with Gasteiger partial charge in [-0.3, -0.25) is 4.79 Å². The number of aryl methyl sites for hydroxylation is 1. The normalized spacial score (nSPS) is 14.8. The van der Waals surface area contributed by atoms with Crippen molar-refractivity contribution in [1.82, 2.24) is 14.9 Å². The van der Waals surface area contributed by atoms with Gasteiger partial charge in [0.1, 0.15) is 23.3 Å². The molecule has 2 heterocycles. The van der Waals surface area contributed by atoms with Crippen molar-refractivity contribution in [3.8, 4) is 0 Å². The largest absolute Gasteiger partial charge is 0.353 e. The van der Waals surface area contributed by atoms with Gasteiger partial charge in [-0.25, -0.2) is 18.7 Å². The van der Waals surface area contributed by atoms with E-state index >= 15 is 0 Å². The predicted octanol–water partition coefficient (Wildman–Crippen LogP) is 3.15. The Morgan fingerprint density at radius 2 is 1.77 bits per heavy atom. The molecular formula is C19H22F2N4O. The van der Waals surface area contributed by atoms with Gasteiger partial charge in [-0.1, -0.05) is 13.8 Å². The number of amides is 1. The second-order valence-electron chi connectivity index (χ2n) is 6.78. The smallest absolute Gasteiger partial charge is 0.256 e. The number of benzene rings is 1. The van der Waals surface area contributed by atoms with Crippen molar-refractivity contribution in [2.45, 2.75) is 26.7 Å². The zero-order chi connectivity index (χ0) is 18.8. The number of nitrogens with zero attached hydrogens (tertiary/aromatic N) is 4. The molecule has 1 aromatic heterocycles. The van der Waals surface area contributed by atoms with E-state index in [0.29, 0.717) is 26.2 Å². The van der Waals surface area contributed by atoms with E-state index in [-0.39, 0.29) is 11.5 Å². The van der Waals surface area contributed by atoms with Crippen molar-refractivity contribution in [3.63, 3.8) is 0 Å². The van der Waals surface area contributed by atoms with Gasteiger partial charge in [0.2, 0.25) is 0 Å². The standard InChI is InChI=1S/C19H22F2N4O/c1-12(2)18-22-13(3)10-17(23-18)24-6-8-25(9-7-24)19(26)15-5-4-14(20)11-16(15)21/h4-5,10-12H,6-9H2,1-3H3. The first kappa shape index (κ1) is 18.2. The summed E-state index contributed by atoms with van der Waals surface area (Å²) in [5.74, 6) is -0.0515. The molecule has 1 aliphatic rings. The van der Waals surface area contributed by atoms with Gasteiger partial charge in [-0.2, -0.15) is 0 Å². The molecule has 0 atom stereocenters. The fourth-order valence-electron chi connectivity index (χ4n) is 2.97. The molecule has 0 bridgehead atoms. The van der Waals surface area contributed by atoms with Crippen LogP contribution in [-0.2, 0) is 0 Å². The van der Waals surface area contributed by atoms with E-state index in [1.165, 1.54) is 6.07 Å². The molecule has 1 aliphatic heterocycles. The minimum absolute atomic E-state index is 0.0974. The first-order valence-corrected chi connectivity index (χ1v) is 8.70.